The lowest BCUT2D eigenvalue weighted by Crippen LogP contribution is -2.09. The fourth-order valence-electron chi connectivity index (χ4n) is 6.35. The lowest BCUT2D eigenvalue weighted by atomic mass is 9.80. The molecule has 0 radical (unpaired) electrons. The van der Waals surface area contributed by atoms with Crippen molar-refractivity contribution < 1.29 is 20.4 Å². The van der Waals surface area contributed by atoms with Crippen molar-refractivity contribution in [1.29, 1.82) is 0 Å². The average Bonchev–Trinajstić information content (AvgIpc) is 2.90. The zero-order valence-electron chi connectivity index (χ0n) is 21.3. The molecule has 0 unspecified atom stereocenters. The van der Waals surface area contributed by atoms with Crippen LogP contribution < -0.4 is 0 Å². The minimum absolute atomic E-state index is 0.160. The first kappa shape index (κ1) is 26.0. The monoisotopic (exact) mass is 480 g/mol. The maximum absolute atomic E-state index is 11.4. The molecule has 2 aliphatic carbocycles. The van der Waals surface area contributed by atoms with E-state index in [0.717, 1.165) is 71.9 Å². The molecule has 4 nitrogen and oxygen atoms in total. The summed E-state index contributed by atoms with van der Waals surface area (Å²) < 4.78 is 0. The molecule has 0 aliphatic heterocycles. The maximum Gasteiger partial charge on any atom is 0.122 e. The van der Waals surface area contributed by atoms with Gasteiger partial charge in [-0.1, -0.05) is 62.8 Å². The highest BCUT2D eigenvalue weighted by molar-refractivity contribution is 5.52. The number of aryl methyl sites for hydroxylation is 2. The Morgan fingerprint density at radius 2 is 0.971 bits per heavy atom. The zero-order chi connectivity index (χ0) is 24.6. The third kappa shape index (κ3) is 6.59. The molecule has 0 saturated heterocycles. The van der Waals surface area contributed by atoms with Gasteiger partial charge < -0.3 is 20.4 Å². The molecule has 2 aromatic rings. The molecule has 0 spiro atoms. The number of aromatic hydroxyl groups is 2. The van der Waals surface area contributed by atoms with Crippen LogP contribution in [0.3, 0.4) is 0 Å². The average molecular weight is 481 g/mol. The molecule has 2 aromatic carbocycles. The molecule has 2 aliphatic rings. The Morgan fingerprint density at radius 3 is 1.34 bits per heavy atom. The Labute approximate surface area is 211 Å². The van der Waals surface area contributed by atoms with Crippen LogP contribution in [0.25, 0.3) is 0 Å². The van der Waals surface area contributed by atoms with Crippen molar-refractivity contribution in [3.05, 3.63) is 57.6 Å². The van der Waals surface area contributed by atoms with Crippen LogP contribution in [0, 0.1) is 0 Å². The highest BCUT2D eigenvalue weighted by Crippen LogP contribution is 2.43. The van der Waals surface area contributed by atoms with E-state index < -0.39 is 0 Å². The lowest BCUT2D eigenvalue weighted by Gasteiger charge is -2.26. The standard InChI is InChI=1S/C31H44O4/c32-15-7-9-22-17-26(30(34)28(19-22)24-11-3-1-4-12-24)21-27-18-23(10-8-16-33)20-29(31(27)35)25-13-5-2-6-14-25/h17-20,24-25,32-35H,1-16,21H2. The van der Waals surface area contributed by atoms with E-state index in [1.807, 2.05) is 0 Å². The van der Waals surface area contributed by atoms with Gasteiger partial charge in [-0.15, -0.1) is 0 Å². The van der Waals surface area contributed by atoms with Crippen LogP contribution >= 0.6 is 0 Å². The van der Waals surface area contributed by atoms with Gasteiger partial charge in [-0.05, 0) is 96.6 Å². The molecule has 35 heavy (non-hydrogen) atoms. The van der Waals surface area contributed by atoms with Crippen molar-refractivity contribution in [3.8, 4) is 11.5 Å². The van der Waals surface area contributed by atoms with Gasteiger partial charge in [0.2, 0.25) is 0 Å². The minimum atomic E-state index is 0.160. The second-order valence-corrected chi connectivity index (χ2v) is 10.9. The largest absolute Gasteiger partial charge is 0.507 e. The summed E-state index contributed by atoms with van der Waals surface area (Å²) in [5.74, 6) is 1.56. The summed E-state index contributed by atoms with van der Waals surface area (Å²) >= 11 is 0. The normalized spacial score (nSPS) is 17.7. The van der Waals surface area contributed by atoms with Crippen LogP contribution in [-0.2, 0) is 19.3 Å². The second kappa shape index (κ2) is 12.8. The van der Waals surface area contributed by atoms with E-state index >= 15 is 0 Å². The Hall–Kier alpha value is -2.04. The summed E-state index contributed by atoms with van der Waals surface area (Å²) in [5, 5.41) is 41.6. The van der Waals surface area contributed by atoms with Gasteiger partial charge in [0.05, 0.1) is 0 Å². The van der Waals surface area contributed by atoms with E-state index in [-0.39, 0.29) is 13.2 Å². The molecular weight excluding hydrogens is 436 g/mol. The number of aliphatic hydroxyl groups excluding tert-OH is 2. The van der Waals surface area contributed by atoms with Gasteiger partial charge in [-0.2, -0.15) is 0 Å². The number of phenols is 2. The molecule has 0 aromatic heterocycles. The number of phenolic OH excluding ortho intramolecular Hbond substituents is 2. The molecule has 4 rings (SSSR count). The van der Waals surface area contributed by atoms with Crippen LogP contribution in [0.1, 0.15) is 122 Å². The third-order valence-electron chi connectivity index (χ3n) is 8.27. The molecule has 4 heteroatoms. The SMILES string of the molecule is OCCCc1cc(Cc2cc(CCCO)cc(C3CCCCC3)c2O)c(O)c(C2CCCCC2)c1. The molecular formula is C31H44O4. The predicted octanol–water partition coefficient (Wildman–Crippen LogP) is 6.63. The van der Waals surface area contributed by atoms with Crippen molar-refractivity contribution in [1.82, 2.24) is 0 Å². The van der Waals surface area contributed by atoms with E-state index in [0.29, 0.717) is 42.6 Å². The van der Waals surface area contributed by atoms with Gasteiger partial charge in [0.1, 0.15) is 11.5 Å². The fraction of sp³-hybridized carbons (Fsp3) is 0.613. The number of hydrogen-bond donors (Lipinski definition) is 4. The van der Waals surface area contributed by atoms with Gasteiger partial charge in [-0.25, -0.2) is 0 Å². The fourth-order valence-corrected chi connectivity index (χ4v) is 6.35. The summed E-state index contributed by atoms with van der Waals surface area (Å²) in [7, 11) is 0. The Bertz CT molecular complexity index is 877. The topological polar surface area (TPSA) is 80.9 Å². The smallest absolute Gasteiger partial charge is 0.122 e. The highest BCUT2D eigenvalue weighted by Gasteiger charge is 2.24. The Morgan fingerprint density at radius 1 is 0.571 bits per heavy atom. The number of benzene rings is 2. The van der Waals surface area contributed by atoms with Crippen molar-refractivity contribution in [2.75, 3.05) is 13.2 Å². The first-order valence-corrected chi connectivity index (χ1v) is 14.0. The Kier molecular flexibility index (Phi) is 9.51. The molecule has 192 valence electrons. The summed E-state index contributed by atoms with van der Waals surface area (Å²) in [4.78, 5) is 0. The van der Waals surface area contributed by atoms with Crippen molar-refractivity contribution in [2.45, 2.75) is 108 Å². The molecule has 0 amide bonds. The molecule has 0 heterocycles. The van der Waals surface area contributed by atoms with Crippen molar-refractivity contribution in [3.63, 3.8) is 0 Å². The van der Waals surface area contributed by atoms with Crippen LogP contribution in [-0.4, -0.2) is 33.6 Å². The molecule has 2 saturated carbocycles. The van der Waals surface area contributed by atoms with E-state index in [4.69, 9.17) is 0 Å². The first-order chi connectivity index (χ1) is 17.1. The highest BCUT2D eigenvalue weighted by atomic mass is 16.3. The third-order valence-corrected chi connectivity index (χ3v) is 8.27. The van der Waals surface area contributed by atoms with E-state index in [1.165, 1.54) is 38.5 Å². The van der Waals surface area contributed by atoms with E-state index in [9.17, 15) is 20.4 Å². The van der Waals surface area contributed by atoms with Crippen molar-refractivity contribution >= 4 is 0 Å². The second-order valence-electron chi connectivity index (χ2n) is 10.9. The van der Waals surface area contributed by atoms with Crippen LogP contribution in [0.4, 0.5) is 0 Å². The van der Waals surface area contributed by atoms with Gasteiger partial charge in [0.15, 0.2) is 0 Å². The zero-order valence-corrected chi connectivity index (χ0v) is 21.3. The molecule has 2 fully saturated rings. The summed E-state index contributed by atoms with van der Waals surface area (Å²) in [5.41, 5.74) is 6.19. The van der Waals surface area contributed by atoms with Crippen molar-refractivity contribution in [2.24, 2.45) is 0 Å². The molecule has 0 bridgehead atoms. The maximum atomic E-state index is 11.4. The summed E-state index contributed by atoms with van der Waals surface area (Å²) in [6.07, 6.45) is 15.3. The minimum Gasteiger partial charge on any atom is -0.507 e. The van der Waals surface area contributed by atoms with Crippen LogP contribution in [0.15, 0.2) is 24.3 Å². The summed E-state index contributed by atoms with van der Waals surface area (Å²) in [6.45, 7) is 0.320. The van der Waals surface area contributed by atoms with Gasteiger partial charge >= 0.3 is 0 Å². The number of hydrogen-bond acceptors (Lipinski definition) is 4. The Balaban J connectivity index is 1.71. The van der Waals surface area contributed by atoms with Crippen LogP contribution in [0.5, 0.6) is 11.5 Å². The number of rotatable bonds is 10. The van der Waals surface area contributed by atoms with Gasteiger partial charge in [-0.3, -0.25) is 0 Å². The quantitative estimate of drug-likeness (QED) is 0.307. The predicted molar refractivity (Wildman–Crippen MR) is 141 cm³/mol. The summed E-state index contributed by atoms with van der Waals surface area (Å²) in [6, 6.07) is 8.49. The van der Waals surface area contributed by atoms with E-state index in [2.05, 4.69) is 24.3 Å². The van der Waals surface area contributed by atoms with Crippen LogP contribution in [0.2, 0.25) is 0 Å². The lowest BCUT2D eigenvalue weighted by molar-refractivity contribution is 0.288. The van der Waals surface area contributed by atoms with Gasteiger partial charge in [0, 0.05) is 19.6 Å². The molecule has 0 atom stereocenters. The van der Waals surface area contributed by atoms with Gasteiger partial charge in [0.25, 0.3) is 0 Å². The first-order valence-electron chi connectivity index (χ1n) is 14.0. The van der Waals surface area contributed by atoms with E-state index in [1.54, 1.807) is 0 Å². The number of aliphatic hydroxyl groups is 2. The molecule has 4 N–H and O–H groups in total.